The number of hydrogen-bond donors (Lipinski definition) is 1. The standard InChI is InChI=1S/C16H15F2N/c1-10-5-6-14(16(18)15(10)17)13-4-2-3-11-9-19-8-7-12(11)13/h2-6,19H,7-9H2,1H3. The van der Waals surface area contributed by atoms with E-state index in [2.05, 4.69) is 5.32 Å². The zero-order chi connectivity index (χ0) is 13.4. The zero-order valence-corrected chi connectivity index (χ0v) is 10.8. The van der Waals surface area contributed by atoms with Crippen LogP contribution in [0.4, 0.5) is 8.78 Å². The Morgan fingerprint density at radius 1 is 1.00 bits per heavy atom. The number of fused-ring (bicyclic) bond motifs is 1. The molecular weight excluding hydrogens is 244 g/mol. The molecule has 0 unspecified atom stereocenters. The van der Waals surface area contributed by atoms with Gasteiger partial charge in [-0.25, -0.2) is 8.78 Å². The Bertz CT molecular complexity index is 635. The smallest absolute Gasteiger partial charge is 0.166 e. The maximum Gasteiger partial charge on any atom is 0.166 e. The summed E-state index contributed by atoms with van der Waals surface area (Å²) in [6.45, 7) is 3.24. The van der Waals surface area contributed by atoms with Crippen LogP contribution in [0.2, 0.25) is 0 Å². The number of benzene rings is 2. The fourth-order valence-corrected chi connectivity index (χ4v) is 2.64. The number of aryl methyl sites for hydroxylation is 1. The first-order chi connectivity index (χ1) is 9.18. The van der Waals surface area contributed by atoms with E-state index < -0.39 is 11.6 Å². The molecule has 0 aromatic heterocycles. The Morgan fingerprint density at radius 3 is 2.68 bits per heavy atom. The average molecular weight is 259 g/mol. The van der Waals surface area contributed by atoms with E-state index in [0.29, 0.717) is 11.1 Å². The van der Waals surface area contributed by atoms with Gasteiger partial charge in [0.1, 0.15) is 0 Å². The van der Waals surface area contributed by atoms with E-state index in [1.165, 1.54) is 5.56 Å². The van der Waals surface area contributed by atoms with Gasteiger partial charge in [0, 0.05) is 12.1 Å². The van der Waals surface area contributed by atoms with Crippen LogP contribution >= 0.6 is 0 Å². The molecule has 0 amide bonds. The van der Waals surface area contributed by atoms with Crippen molar-refractivity contribution < 1.29 is 8.78 Å². The molecule has 0 radical (unpaired) electrons. The SMILES string of the molecule is Cc1ccc(-c2cccc3c2CCNC3)c(F)c1F. The van der Waals surface area contributed by atoms with Crippen molar-refractivity contribution in [3.8, 4) is 11.1 Å². The highest BCUT2D eigenvalue weighted by Crippen LogP contribution is 2.31. The van der Waals surface area contributed by atoms with Crippen LogP contribution < -0.4 is 5.32 Å². The van der Waals surface area contributed by atoms with Crippen LogP contribution in [0.1, 0.15) is 16.7 Å². The largest absolute Gasteiger partial charge is 0.312 e. The summed E-state index contributed by atoms with van der Waals surface area (Å²) in [5.74, 6) is -1.49. The summed E-state index contributed by atoms with van der Waals surface area (Å²) in [4.78, 5) is 0. The van der Waals surface area contributed by atoms with Crippen LogP contribution in [0.3, 0.4) is 0 Å². The second-order valence-corrected chi connectivity index (χ2v) is 4.93. The van der Waals surface area contributed by atoms with Gasteiger partial charge in [-0.1, -0.05) is 30.3 Å². The third-order valence-corrected chi connectivity index (χ3v) is 3.71. The molecule has 1 aliphatic heterocycles. The van der Waals surface area contributed by atoms with Gasteiger partial charge >= 0.3 is 0 Å². The van der Waals surface area contributed by atoms with Crippen molar-refractivity contribution in [1.29, 1.82) is 0 Å². The lowest BCUT2D eigenvalue weighted by Crippen LogP contribution is -2.24. The Hall–Kier alpha value is -1.74. The third kappa shape index (κ3) is 2.04. The molecule has 1 aliphatic rings. The summed E-state index contributed by atoms with van der Waals surface area (Å²) in [6.07, 6.45) is 0.848. The quantitative estimate of drug-likeness (QED) is 0.825. The van der Waals surface area contributed by atoms with E-state index in [1.807, 2.05) is 18.2 Å². The monoisotopic (exact) mass is 259 g/mol. The minimum Gasteiger partial charge on any atom is -0.312 e. The van der Waals surface area contributed by atoms with Gasteiger partial charge in [-0.05, 0) is 42.1 Å². The average Bonchev–Trinajstić information content (AvgIpc) is 2.45. The number of hydrogen-bond acceptors (Lipinski definition) is 1. The predicted molar refractivity (Wildman–Crippen MR) is 71.9 cm³/mol. The van der Waals surface area contributed by atoms with Gasteiger partial charge in [0.05, 0.1) is 0 Å². The molecule has 2 aromatic rings. The van der Waals surface area contributed by atoms with E-state index >= 15 is 0 Å². The number of rotatable bonds is 1. The van der Waals surface area contributed by atoms with E-state index in [-0.39, 0.29) is 0 Å². The highest BCUT2D eigenvalue weighted by molar-refractivity contribution is 5.70. The summed E-state index contributed by atoms with van der Waals surface area (Å²) in [5.41, 5.74) is 3.82. The molecule has 2 aromatic carbocycles. The summed E-state index contributed by atoms with van der Waals surface area (Å²) < 4.78 is 27.8. The molecule has 1 heterocycles. The lowest BCUT2D eigenvalue weighted by Gasteiger charge is -2.21. The van der Waals surface area contributed by atoms with Gasteiger partial charge in [-0.3, -0.25) is 0 Å². The lowest BCUT2D eigenvalue weighted by atomic mass is 9.91. The molecular formula is C16H15F2N. The number of halogens is 2. The fourth-order valence-electron chi connectivity index (χ4n) is 2.64. The van der Waals surface area contributed by atoms with E-state index in [0.717, 1.165) is 30.6 Å². The molecule has 19 heavy (non-hydrogen) atoms. The van der Waals surface area contributed by atoms with E-state index in [9.17, 15) is 8.78 Å². The van der Waals surface area contributed by atoms with Crippen molar-refractivity contribution in [3.63, 3.8) is 0 Å². The Kier molecular flexibility index (Phi) is 3.07. The molecule has 0 bridgehead atoms. The predicted octanol–water partition coefficient (Wildman–Crippen LogP) is 3.59. The molecule has 3 rings (SSSR count). The highest BCUT2D eigenvalue weighted by Gasteiger charge is 2.18. The zero-order valence-electron chi connectivity index (χ0n) is 10.8. The first-order valence-electron chi connectivity index (χ1n) is 6.45. The van der Waals surface area contributed by atoms with Crippen LogP contribution in [-0.2, 0) is 13.0 Å². The molecule has 0 aliphatic carbocycles. The summed E-state index contributed by atoms with van der Waals surface area (Å²) in [6, 6.07) is 9.11. The van der Waals surface area contributed by atoms with E-state index in [4.69, 9.17) is 0 Å². The lowest BCUT2D eigenvalue weighted by molar-refractivity contribution is 0.505. The second-order valence-electron chi connectivity index (χ2n) is 4.93. The summed E-state index contributed by atoms with van der Waals surface area (Å²) in [7, 11) is 0. The van der Waals surface area contributed by atoms with Crippen molar-refractivity contribution in [2.75, 3.05) is 6.54 Å². The van der Waals surface area contributed by atoms with Crippen molar-refractivity contribution in [2.24, 2.45) is 0 Å². The maximum atomic E-state index is 14.1. The van der Waals surface area contributed by atoms with Crippen LogP contribution in [0.15, 0.2) is 30.3 Å². The molecule has 1 nitrogen and oxygen atoms in total. The Morgan fingerprint density at radius 2 is 1.84 bits per heavy atom. The molecule has 0 saturated heterocycles. The van der Waals surface area contributed by atoms with Crippen LogP contribution in [0.5, 0.6) is 0 Å². The van der Waals surface area contributed by atoms with Crippen LogP contribution in [-0.4, -0.2) is 6.54 Å². The summed E-state index contributed by atoms with van der Waals surface area (Å²) in [5, 5.41) is 3.29. The van der Waals surface area contributed by atoms with Crippen molar-refractivity contribution >= 4 is 0 Å². The van der Waals surface area contributed by atoms with Crippen LogP contribution in [0, 0.1) is 18.6 Å². The molecule has 3 heteroatoms. The van der Waals surface area contributed by atoms with Gasteiger partial charge in [0.15, 0.2) is 11.6 Å². The topological polar surface area (TPSA) is 12.0 Å². The first-order valence-corrected chi connectivity index (χ1v) is 6.45. The number of nitrogens with one attached hydrogen (secondary N) is 1. The Balaban J connectivity index is 2.20. The maximum absolute atomic E-state index is 14.1. The van der Waals surface area contributed by atoms with Gasteiger partial charge in [-0.2, -0.15) is 0 Å². The molecule has 0 spiro atoms. The normalized spacial score (nSPS) is 14.3. The minimum atomic E-state index is -0.746. The molecule has 0 atom stereocenters. The van der Waals surface area contributed by atoms with Gasteiger partial charge < -0.3 is 5.32 Å². The van der Waals surface area contributed by atoms with E-state index in [1.54, 1.807) is 19.1 Å². The third-order valence-electron chi connectivity index (χ3n) is 3.71. The van der Waals surface area contributed by atoms with Gasteiger partial charge in [0.2, 0.25) is 0 Å². The van der Waals surface area contributed by atoms with Gasteiger partial charge in [0.25, 0.3) is 0 Å². The summed E-state index contributed by atoms with van der Waals surface area (Å²) >= 11 is 0. The first kappa shape index (κ1) is 12.3. The highest BCUT2D eigenvalue weighted by atomic mass is 19.2. The Labute approximate surface area is 111 Å². The fraction of sp³-hybridized carbons (Fsp3) is 0.250. The van der Waals surface area contributed by atoms with Crippen molar-refractivity contribution in [3.05, 3.63) is 58.7 Å². The van der Waals surface area contributed by atoms with Crippen molar-refractivity contribution in [1.82, 2.24) is 5.32 Å². The minimum absolute atomic E-state index is 0.340. The molecule has 1 N–H and O–H groups in total. The van der Waals surface area contributed by atoms with Crippen LogP contribution in [0.25, 0.3) is 11.1 Å². The molecule has 0 fully saturated rings. The molecule has 0 saturated carbocycles. The second kappa shape index (κ2) is 4.74. The molecule has 98 valence electrons. The van der Waals surface area contributed by atoms with Gasteiger partial charge in [-0.15, -0.1) is 0 Å². The van der Waals surface area contributed by atoms with Crippen molar-refractivity contribution in [2.45, 2.75) is 19.9 Å².